The Bertz CT molecular complexity index is 624. The molecule has 1 N–H and O–H groups in total. The number of amides is 1. The number of aromatic nitrogens is 3. The van der Waals surface area contributed by atoms with Gasteiger partial charge < -0.3 is 14.5 Å². The summed E-state index contributed by atoms with van der Waals surface area (Å²) in [4.78, 5) is 16.6. The van der Waals surface area contributed by atoms with Crippen molar-refractivity contribution in [1.82, 2.24) is 19.4 Å². The van der Waals surface area contributed by atoms with E-state index < -0.39 is 0 Å². The van der Waals surface area contributed by atoms with Gasteiger partial charge in [-0.25, -0.2) is 4.98 Å². The predicted octanol–water partition coefficient (Wildman–Crippen LogP) is 1.96. The fourth-order valence-electron chi connectivity index (χ4n) is 2.74. The number of nitrogens with one attached hydrogen (secondary N) is 1. The molecule has 1 unspecified atom stereocenters. The zero-order valence-electron chi connectivity index (χ0n) is 12.6. The van der Waals surface area contributed by atoms with Gasteiger partial charge in [0, 0.05) is 44.8 Å². The van der Waals surface area contributed by atoms with Crippen LogP contribution in [-0.4, -0.2) is 20.0 Å². The number of carbonyl (C=O) groups excluding carboxylic acids is 1. The van der Waals surface area contributed by atoms with E-state index in [2.05, 4.69) is 20.9 Å². The van der Waals surface area contributed by atoms with Crippen LogP contribution in [0.5, 0.6) is 0 Å². The Balaban J connectivity index is 1.60. The standard InChI is InChI=1S/C16H22N4O/c1-19-10-3-4-13(19)7-8-14(21)18-15(12-5-6-12)16-17-9-11-20(16)2/h3-4,9-12,15H,5-8H2,1-2H3,(H,18,21). The van der Waals surface area contributed by atoms with Crippen molar-refractivity contribution in [1.29, 1.82) is 0 Å². The van der Waals surface area contributed by atoms with Crippen LogP contribution in [0.4, 0.5) is 0 Å². The number of imidazole rings is 1. The minimum Gasteiger partial charge on any atom is -0.354 e. The Kier molecular flexibility index (Phi) is 3.82. The fraction of sp³-hybridized carbons (Fsp3) is 0.500. The normalized spacial score (nSPS) is 15.9. The van der Waals surface area contributed by atoms with Gasteiger partial charge in [0.2, 0.25) is 5.91 Å². The van der Waals surface area contributed by atoms with E-state index in [1.165, 1.54) is 18.5 Å². The van der Waals surface area contributed by atoms with Crippen molar-refractivity contribution in [2.45, 2.75) is 31.7 Å². The van der Waals surface area contributed by atoms with E-state index in [4.69, 9.17) is 0 Å². The Morgan fingerprint density at radius 2 is 2.19 bits per heavy atom. The van der Waals surface area contributed by atoms with Crippen LogP contribution in [0.1, 0.15) is 36.8 Å². The molecule has 112 valence electrons. The molecule has 0 spiro atoms. The average molecular weight is 286 g/mol. The second kappa shape index (κ2) is 5.76. The predicted molar refractivity (Wildman–Crippen MR) is 80.5 cm³/mol. The van der Waals surface area contributed by atoms with E-state index in [-0.39, 0.29) is 11.9 Å². The first kappa shape index (κ1) is 13.9. The topological polar surface area (TPSA) is 51.9 Å². The van der Waals surface area contributed by atoms with E-state index >= 15 is 0 Å². The maximum Gasteiger partial charge on any atom is 0.220 e. The molecular weight excluding hydrogens is 264 g/mol. The van der Waals surface area contributed by atoms with Gasteiger partial charge in [-0.15, -0.1) is 0 Å². The highest BCUT2D eigenvalue weighted by atomic mass is 16.1. The van der Waals surface area contributed by atoms with Gasteiger partial charge in [-0.05, 0) is 37.3 Å². The summed E-state index contributed by atoms with van der Waals surface area (Å²) in [6.07, 6.45) is 9.37. The lowest BCUT2D eigenvalue weighted by Crippen LogP contribution is -2.31. The number of aryl methyl sites for hydroxylation is 3. The summed E-state index contributed by atoms with van der Waals surface area (Å²) >= 11 is 0. The van der Waals surface area contributed by atoms with E-state index in [1.54, 1.807) is 6.20 Å². The van der Waals surface area contributed by atoms with Crippen molar-refractivity contribution in [3.8, 4) is 0 Å². The third-order valence-corrected chi connectivity index (χ3v) is 4.21. The highest BCUT2D eigenvalue weighted by Gasteiger charge is 2.35. The van der Waals surface area contributed by atoms with Gasteiger partial charge >= 0.3 is 0 Å². The molecule has 1 atom stereocenters. The van der Waals surface area contributed by atoms with Crippen LogP contribution in [0.15, 0.2) is 30.7 Å². The largest absolute Gasteiger partial charge is 0.354 e. The highest BCUT2D eigenvalue weighted by Crippen LogP contribution is 2.40. The highest BCUT2D eigenvalue weighted by molar-refractivity contribution is 5.76. The maximum atomic E-state index is 12.2. The molecule has 5 nitrogen and oxygen atoms in total. The molecule has 21 heavy (non-hydrogen) atoms. The van der Waals surface area contributed by atoms with Gasteiger partial charge in [-0.3, -0.25) is 4.79 Å². The molecule has 5 heteroatoms. The number of rotatable bonds is 6. The van der Waals surface area contributed by atoms with Crippen LogP contribution in [0.25, 0.3) is 0 Å². The summed E-state index contributed by atoms with van der Waals surface area (Å²) in [5, 5.41) is 3.17. The molecule has 0 saturated heterocycles. The SMILES string of the molecule is Cn1cccc1CCC(=O)NC(c1nccn1C)C1CC1. The van der Waals surface area contributed by atoms with E-state index in [0.29, 0.717) is 12.3 Å². The molecule has 0 bridgehead atoms. The van der Waals surface area contributed by atoms with Crippen LogP contribution < -0.4 is 5.32 Å². The molecular formula is C16H22N4O. The zero-order valence-corrected chi connectivity index (χ0v) is 12.6. The van der Waals surface area contributed by atoms with Crippen LogP contribution >= 0.6 is 0 Å². The van der Waals surface area contributed by atoms with Gasteiger partial charge in [0.25, 0.3) is 0 Å². The molecule has 2 aromatic rings. The molecule has 1 amide bonds. The molecule has 2 heterocycles. The van der Waals surface area contributed by atoms with Crippen molar-refractivity contribution in [2.24, 2.45) is 20.0 Å². The summed E-state index contributed by atoms with van der Waals surface area (Å²) in [6.45, 7) is 0. The van der Waals surface area contributed by atoms with Gasteiger partial charge in [-0.1, -0.05) is 0 Å². The van der Waals surface area contributed by atoms with Crippen molar-refractivity contribution in [3.63, 3.8) is 0 Å². The summed E-state index contributed by atoms with van der Waals surface area (Å²) in [5.41, 5.74) is 1.19. The fourth-order valence-corrected chi connectivity index (χ4v) is 2.74. The zero-order chi connectivity index (χ0) is 14.8. The maximum absolute atomic E-state index is 12.2. The quantitative estimate of drug-likeness (QED) is 0.882. The van der Waals surface area contributed by atoms with E-state index in [1.807, 2.05) is 37.1 Å². The van der Waals surface area contributed by atoms with Crippen LogP contribution in [-0.2, 0) is 25.3 Å². The molecule has 0 aromatic carbocycles. The van der Waals surface area contributed by atoms with E-state index in [0.717, 1.165) is 12.2 Å². The monoisotopic (exact) mass is 286 g/mol. The lowest BCUT2D eigenvalue weighted by atomic mass is 10.1. The van der Waals surface area contributed by atoms with Crippen molar-refractivity contribution in [3.05, 3.63) is 42.2 Å². The van der Waals surface area contributed by atoms with E-state index in [9.17, 15) is 4.79 Å². The van der Waals surface area contributed by atoms with Gasteiger partial charge in [0.1, 0.15) is 5.82 Å². The minimum absolute atomic E-state index is 0.0610. The van der Waals surface area contributed by atoms with Crippen LogP contribution in [0.3, 0.4) is 0 Å². The third kappa shape index (κ3) is 3.17. The Hall–Kier alpha value is -2.04. The molecule has 1 fully saturated rings. The minimum atomic E-state index is 0.0610. The Morgan fingerprint density at radius 1 is 1.38 bits per heavy atom. The number of nitrogens with zero attached hydrogens (tertiary/aromatic N) is 3. The average Bonchev–Trinajstić information content (AvgIpc) is 3.09. The lowest BCUT2D eigenvalue weighted by molar-refractivity contribution is -0.122. The number of hydrogen-bond acceptors (Lipinski definition) is 2. The molecule has 2 aromatic heterocycles. The summed E-state index contributed by atoms with van der Waals surface area (Å²) in [7, 11) is 3.99. The van der Waals surface area contributed by atoms with Crippen molar-refractivity contribution in [2.75, 3.05) is 0 Å². The lowest BCUT2D eigenvalue weighted by Gasteiger charge is -2.18. The first-order chi connectivity index (χ1) is 10.1. The first-order valence-corrected chi connectivity index (χ1v) is 7.52. The summed E-state index contributed by atoms with van der Waals surface area (Å²) in [6, 6.07) is 4.13. The first-order valence-electron chi connectivity index (χ1n) is 7.52. The van der Waals surface area contributed by atoms with Crippen LogP contribution in [0, 0.1) is 5.92 Å². The molecule has 3 rings (SSSR count). The molecule has 0 aliphatic heterocycles. The second-order valence-electron chi connectivity index (χ2n) is 5.89. The molecule has 1 aliphatic carbocycles. The number of hydrogen-bond donors (Lipinski definition) is 1. The summed E-state index contributed by atoms with van der Waals surface area (Å²) in [5.74, 6) is 1.62. The third-order valence-electron chi connectivity index (χ3n) is 4.21. The molecule has 1 saturated carbocycles. The molecule has 1 aliphatic rings. The summed E-state index contributed by atoms with van der Waals surface area (Å²) < 4.78 is 4.06. The van der Waals surface area contributed by atoms with Gasteiger partial charge in [-0.2, -0.15) is 0 Å². The van der Waals surface area contributed by atoms with Crippen molar-refractivity contribution < 1.29 is 4.79 Å². The molecule has 0 radical (unpaired) electrons. The smallest absolute Gasteiger partial charge is 0.220 e. The number of carbonyl (C=O) groups is 1. The van der Waals surface area contributed by atoms with Gasteiger partial charge in [0.15, 0.2) is 0 Å². The van der Waals surface area contributed by atoms with Crippen molar-refractivity contribution >= 4 is 5.91 Å². The Morgan fingerprint density at radius 3 is 2.76 bits per heavy atom. The van der Waals surface area contributed by atoms with Gasteiger partial charge in [0.05, 0.1) is 6.04 Å². The Labute approximate surface area is 125 Å². The second-order valence-corrected chi connectivity index (χ2v) is 5.89. The van der Waals surface area contributed by atoms with Crippen LogP contribution in [0.2, 0.25) is 0 Å².